The van der Waals surface area contributed by atoms with Crippen molar-refractivity contribution in [1.29, 1.82) is 0 Å². The number of carboxylic acid groups (broad SMARTS) is 1. The number of carbonyl (C=O) groups is 3. The van der Waals surface area contributed by atoms with Gasteiger partial charge < -0.3 is 10.0 Å². The number of Topliss-reactive ketones (excluding diaryl/α,β-unsaturated/α-hetero) is 1. The molecule has 0 saturated carbocycles. The van der Waals surface area contributed by atoms with Crippen molar-refractivity contribution in [2.24, 2.45) is 0 Å². The van der Waals surface area contributed by atoms with Gasteiger partial charge in [0.1, 0.15) is 6.04 Å². The molecule has 0 aliphatic carbocycles. The fourth-order valence-electron chi connectivity index (χ4n) is 1.73. The van der Waals surface area contributed by atoms with Gasteiger partial charge in [-0.3, -0.25) is 9.59 Å². The zero-order valence-electron chi connectivity index (χ0n) is 9.62. The van der Waals surface area contributed by atoms with Gasteiger partial charge in [0.05, 0.1) is 9.75 Å². The average molecular weight is 265 g/mol. The summed E-state index contributed by atoms with van der Waals surface area (Å²) in [5.74, 6) is -1.52. The topological polar surface area (TPSA) is 74.7 Å². The first-order valence-corrected chi connectivity index (χ1v) is 6.13. The predicted molar refractivity (Wildman–Crippen MR) is 65.9 cm³/mol. The zero-order valence-corrected chi connectivity index (χ0v) is 10.4. The highest BCUT2D eigenvalue weighted by atomic mass is 32.1. The van der Waals surface area contributed by atoms with E-state index in [0.29, 0.717) is 9.75 Å². The van der Waals surface area contributed by atoms with Gasteiger partial charge in [0.25, 0.3) is 5.91 Å². The van der Waals surface area contributed by atoms with E-state index in [9.17, 15) is 14.4 Å². The van der Waals surface area contributed by atoms with Gasteiger partial charge in [-0.25, -0.2) is 4.79 Å². The van der Waals surface area contributed by atoms with Crippen LogP contribution in [0.25, 0.3) is 0 Å². The summed E-state index contributed by atoms with van der Waals surface area (Å²) in [5, 5.41) is 8.98. The molecule has 1 N–H and O–H groups in total. The lowest BCUT2D eigenvalue weighted by atomic mass is 10.2. The maximum atomic E-state index is 12.1. The molecule has 18 heavy (non-hydrogen) atoms. The minimum absolute atomic E-state index is 0.103. The number of rotatable bonds is 3. The molecule has 0 radical (unpaired) electrons. The van der Waals surface area contributed by atoms with Crippen LogP contribution in [0, 0.1) is 0 Å². The number of ketones is 1. The number of aliphatic carboxylic acids is 1. The molecule has 0 spiro atoms. The summed E-state index contributed by atoms with van der Waals surface area (Å²) in [5.41, 5.74) is 0. The van der Waals surface area contributed by atoms with E-state index in [1.54, 1.807) is 18.2 Å². The van der Waals surface area contributed by atoms with Crippen LogP contribution in [-0.2, 0) is 4.79 Å². The summed E-state index contributed by atoms with van der Waals surface area (Å²) in [6.45, 7) is 1.71. The fraction of sp³-hybridized carbons (Fsp3) is 0.250. The number of carbonyl (C=O) groups excluding carboxylic acids is 2. The first-order valence-electron chi connectivity index (χ1n) is 5.32. The van der Waals surface area contributed by atoms with E-state index in [4.69, 9.17) is 5.11 Å². The highest BCUT2D eigenvalue weighted by Gasteiger charge is 2.31. The molecule has 0 aromatic carbocycles. The van der Waals surface area contributed by atoms with Gasteiger partial charge in [-0.15, -0.1) is 11.3 Å². The van der Waals surface area contributed by atoms with Gasteiger partial charge in [0.15, 0.2) is 5.78 Å². The molecule has 0 saturated heterocycles. The van der Waals surface area contributed by atoms with Crippen molar-refractivity contribution in [2.45, 2.75) is 13.0 Å². The van der Waals surface area contributed by atoms with Crippen LogP contribution in [-0.4, -0.2) is 40.3 Å². The maximum absolute atomic E-state index is 12.1. The van der Waals surface area contributed by atoms with Crippen molar-refractivity contribution in [1.82, 2.24) is 4.90 Å². The van der Waals surface area contributed by atoms with Crippen molar-refractivity contribution in [3.8, 4) is 0 Å². The molecule has 2 heterocycles. The second kappa shape index (κ2) is 4.73. The van der Waals surface area contributed by atoms with Crippen molar-refractivity contribution in [3.05, 3.63) is 34.0 Å². The Bertz CT molecular complexity index is 546. The smallest absolute Gasteiger partial charge is 0.330 e. The Balaban J connectivity index is 2.21. The first-order chi connectivity index (χ1) is 8.50. The third-order valence-corrected chi connectivity index (χ3v) is 3.81. The lowest BCUT2D eigenvalue weighted by Crippen LogP contribution is -2.40. The van der Waals surface area contributed by atoms with Gasteiger partial charge in [-0.2, -0.15) is 0 Å². The van der Waals surface area contributed by atoms with Crippen LogP contribution < -0.4 is 0 Å². The molecule has 0 bridgehead atoms. The van der Waals surface area contributed by atoms with Crippen molar-refractivity contribution >= 4 is 29.0 Å². The quantitative estimate of drug-likeness (QED) is 0.662. The molecule has 1 aromatic heterocycles. The van der Waals surface area contributed by atoms with E-state index in [0.717, 1.165) is 11.3 Å². The second-order valence-electron chi connectivity index (χ2n) is 3.89. The molecule has 1 aliphatic rings. The number of hydrogen-bond donors (Lipinski definition) is 1. The monoisotopic (exact) mass is 265 g/mol. The molecule has 5 nitrogen and oxygen atoms in total. The number of hydrogen-bond acceptors (Lipinski definition) is 4. The summed E-state index contributed by atoms with van der Waals surface area (Å²) < 4.78 is 0. The van der Waals surface area contributed by atoms with Crippen LogP contribution in [0.5, 0.6) is 0 Å². The molecular formula is C12H11NO4S. The Morgan fingerprint density at radius 1 is 1.33 bits per heavy atom. The summed E-state index contributed by atoms with van der Waals surface area (Å²) in [7, 11) is 0. The Kier molecular flexibility index (Phi) is 3.29. The first kappa shape index (κ1) is 12.5. The molecule has 1 unspecified atom stereocenters. The van der Waals surface area contributed by atoms with Crippen LogP contribution in [0.15, 0.2) is 24.3 Å². The van der Waals surface area contributed by atoms with Crippen molar-refractivity contribution < 1.29 is 19.5 Å². The van der Waals surface area contributed by atoms with E-state index in [1.807, 2.05) is 0 Å². The number of thiophene rings is 1. The summed E-state index contributed by atoms with van der Waals surface area (Å²) in [4.78, 5) is 36.4. The SMILES string of the molecule is CC(=O)c1ccc(C(=O)N2CC=CC2C(=O)O)s1. The van der Waals surface area contributed by atoms with Crippen LogP contribution in [0.4, 0.5) is 0 Å². The number of amides is 1. The zero-order chi connectivity index (χ0) is 13.3. The highest BCUT2D eigenvalue weighted by Crippen LogP contribution is 2.21. The number of nitrogens with zero attached hydrogens (tertiary/aromatic N) is 1. The molecule has 0 fully saturated rings. The van der Waals surface area contributed by atoms with Crippen LogP contribution in [0.1, 0.15) is 26.3 Å². The molecule has 1 aliphatic heterocycles. The average Bonchev–Trinajstić information content (AvgIpc) is 2.97. The van der Waals surface area contributed by atoms with Crippen molar-refractivity contribution in [3.63, 3.8) is 0 Å². The number of carboxylic acids is 1. The predicted octanol–water partition coefficient (Wildman–Crippen LogP) is 1.42. The van der Waals surface area contributed by atoms with E-state index in [2.05, 4.69) is 0 Å². The van der Waals surface area contributed by atoms with E-state index in [-0.39, 0.29) is 18.2 Å². The Morgan fingerprint density at radius 3 is 2.56 bits per heavy atom. The Morgan fingerprint density at radius 2 is 2.00 bits per heavy atom. The Labute approximate surface area is 107 Å². The van der Waals surface area contributed by atoms with Crippen molar-refractivity contribution in [2.75, 3.05) is 6.54 Å². The summed E-state index contributed by atoms with van der Waals surface area (Å²) in [6.07, 6.45) is 3.13. The van der Waals surface area contributed by atoms with Gasteiger partial charge >= 0.3 is 5.97 Å². The second-order valence-corrected chi connectivity index (χ2v) is 4.97. The molecule has 94 valence electrons. The minimum Gasteiger partial charge on any atom is -0.479 e. The molecule has 6 heteroatoms. The lowest BCUT2D eigenvalue weighted by Gasteiger charge is -2.20. The normalized spacial score (nSPS) is 18.1. The fourth-order valence-corrected chi connectivity index (χ4v) is 2.59. The third-order valence-electron chi connectivity index (χ3n) is 2.63. The maximum Gasteiger partial charge on any atom is 0.330 e. The molecule has 1 aromatic rings. The van der Waals surface area contributed by atoms with Crippen LogP contribution in [0.2, 0.25) is 0 Å². The highest BCUT2D eigenvalue weighted by molar-refractivity contribution is 7.15. The van der Waals surface area contributed by atoms with Gasteiger partial charge in [0, 0.05) is 6.54 Å². The van der Waals surface area contributed by atoms with Gasteiger partial charge in [-0.1, -0.05) is 12.2 Å². The standard InChI is InChI=1S/C12H11NO4S/c1-7(14)9-4-5-10(18-9)11(15)13-6-2-3-8(13)12(16)17/h2-5,8H,6H2,1H3,(H,16,17). The van der Waals surface area contributed by atoms with E-state index >= 15 is 0 Å². The summed E-state index contributed by atoms with van der Waals surface area (Å²) in [6, 6.07) is 2.22. The van der Waals surface area contributed by atoms with Crippen LogP contribution >= 0.6 is 11.3 Å². The molecular weight excluding hydrogens is 254 g/mol. The van der Waals surface area contributed by atoms with Gasteiger partial charge in [-0.05, 0) is 19.1 Å². The van der Waals surface area contributed by atoms with Crippen LogP contribution in [0.3, 0.4) is 0 Å². The Hall–Kier alpha value is -1.95. The molecule has 2 rings (SSSR count). The third kappa shape index (κ3) is 2.19. The van der Waals surface area contributed by atoms with E-state index in [1.165, 1.54) is 17.9 Å². The molecule has 1 atom stereocenters. The summed E-state index contributed by atoms with van der Waals surface area (Å²) >= 11 is 1.09. The largest absolute Gasteiger partial charge is 0.479 e. The van der Waals surface area contributed by atoms with Gasteiger partial charge in [0.2, 0.25) is 0 Å². The molecule has 1 amide bonds. The lowest BCUT2D eigenvalue weighted by molar-refractivity contribution is -0.140. The van der Waals surface area contributed by atoms with E-state index < -0.39 is 12.0 Å². The minimum atomic E-state index is -1.06.